The lowest BCUT2D eigenvalue weighted by atomic mass is 10.1. The highest BCUT2D eigenvalue weighted by atomic mass is 16.5. The molecule has 1 saturated carbocycles. The lowest BCUT2D eigenvalue weighted by Gasteiger charge is -2.14. The van der Waals surface area contributed by atoms with E-state index in [9.17, 15) is 9.59 Å². The van der Waals surface area contributed by atoms with Gasteiger partial charge in [0.2, 0.25) is 5.75 Å². The highest BCUT2D eigenvalue weighted by molar-refractivity contribution is 5.98. The zero-order valence-electron chi connectivity index (χ0n) is 17.9. The summed E-state index contributed by atoms with van der Waals surface area (Å²) in [5.74, 6) is 0.126. The van der Waals surface area contributed by atoms with Gasteiger partial charge in [-0.2, -0.15) is 0 Å². The molecule has 160 valence electrons. The topological polar surface area (TPSA) is 90.8 Å². The minimum atomic E-state index is -0.511. The molecule has 2 aromatic rings. The first kappa shape index (κ1) is 21.3. The van der Waals surface area contributed by atoms with Crippen LogP contribution in [0.5, 0.6) is 17.2 Å². The van der Waals surface area contributed by atoms with E-state index in [4.69, 9.17) is 14.2 Å². The van der Waals surface area contributed by atoms with Crippen molar-refractivity contribution in [3.05, 3.63) is 46.8 Å². The molecule has 1 fully saturated rings. The van der Waals surface area contributed by atoms with Crippen molar-refractivity contribution in [3.8, 4) is 17.2 Å². The van der Waals surface area contributed by atoms with E-state index < -0.39 is 11.8 Å². The van der Waals surface area contributed by atoms with Gasteiger partial charge < -0.3 is 18.8 Å². The first-order valence-corrected chi connectivity index (χ1v) is 9.66. The highest BCUT2D eigenvalue weighted by Crippen LogP contribution is 2.39. The Kier molecular flexibility index (Phi) is 6.34. The van der Waals surface area contributed by atoms with Crippen LogP contribution < -0.4 is 25.1 Å². The second-order valence-corrected chi connectivity index (χ2v) is 7.12. The summed E-state index contributed by atoms with van der Waals surface area (Å²) in [6.07, 6.45) is 5.55. The molecule has 3 rings (SSSR count). The van der Waals surface area contributed by atoms with Crippen LogP contribution in [0.25, 0.3) is 6.08 Å². The fourth-order valence-corrected chi connectivity index (χ4v) is 3.48. The number of rotatable bonds is 7. The van der Waals surface area contributed by atoms with Crippen molar-refractivity contribution in [2.24, 2.45) is 0 Å². The number of aromatic nitrogens is 1. The molecule has 1 aromatic heterocycles. The third kappa shape index (κ3) is 4.42. The van der Waals surface area contributed by atoms with Crippen LogP contribution in [0.4, 0.5) is 0 Å². The summed E-state index contributed by atoms with van der Waals surface area (Å²) >= 11 is 0. The summed E-state index contributed by atoms with van der Waals surface area (Å²) < 4.78 is 18.0. The number of nitrogens with zero attached hydrogens (tertiary/aromatic N) is 1. The maximum atomic E-state index is 12.4. The van der Waals surface area contributed by atoms with Crippen molar-refractivity contribution in [2.45, 2.75) is 32.7 Å². The number of ether oxygens (including phenoxy) is 3. The van der Waals surface area contributed by atoms with E-state index in [0.717, 1.165) is 11.3 Å². The van der Waals surface area contributed by atoms with Crippen molar-refractivity contribution in [1.82, 2.24) is 15.4 Å². The predicted octanol–water partition coefficient (Wildman–Crippen LogP) is 2.94. The van der Waals surface area contributed by atoms with Crippen LogP contribution in [-0.4, -0.2) is 37.7 Å². The average molecular weight is 413 g/mol. The monoisotopic (exact) mass is 413 g/mol. The summed E-state index contributed by atoms with van der Waals surface area (Å²) in [6, 6.07) is 5.65. The van der Waals surface area contributed by atoms with Crippen molar-refractivity contribution < 1.29 is 23.8 Å². The van der Waals surface area contributed by atoms with Crippen LogP contribution >= 0.6 is 0 Å². The summed E-state index contributed by atoms with van der Waals surface area (Å²) in [5.41, 5.74) is 8.34. The number of nitrogens with one attached hydrogen (secondary N) is 2. The standard InChI is InChI=1S/C22H27N3O5/c1-13-10-15(14(2)25(13)17-7-8-17)6-9-20(26)23-24-22(27)16-11-18(28-3)21(30-5)19(12-16)29-4/h6,9-12,17H,7-8H2,1-5H3,(H,23,26)(H,24,27)/b9-6+. The normalized spacial score (nSPS) is 13.2. The summed E-state index contributed by atoms with van der Waals surface area (Å²) in [4.78, 5) is 24.6. The van der Waals surface area contributed by atoms with E-state index in [1.807, 2.05) is 0 Å². The van der Waals surface area contributed by atoms with Crippen LogP contribution in [-0.2, 0) is 4.79 Å². The number of hydrogen-bond acceptors (Lipinski definition) is 5. The maximum Gasteiger partial charge on any atom is 0.269 e. The molecule has 30 heavy (non-hydrogen) atoms. The van der Waals surface area contributed by atoms with Gasteiger partial charge in [-0.1, -0.05) is 0 Å². The number of hydrazine groups is 1. The summed E-state index contributed by atoms with van der Waals surface area (Å²) in [5, 5.41) is 0. The van der Waals surface area contributed by atoms with Gasteiger partial charge in [-0.05, 0) is 56.5 Å². The van der Waals surface area contributed by atoms with Crippen molar-refractivity contribution in [2.75, 3.05) is 21.3 Å². The van der Waals surface area contributed by atoms with Crippen LogP contribution in [0, 0.1) is 13.8 Å². The highest BCUT2D eigenvalue weighted by Gasteiger charge is 2.26. The SMILES string of the molecule is COc1cc(C(=O)NNC(=O)/C=C/c2cc(C)n(C3CC3)c2C)cc(OC)c1OC. The predicted molar refractivity (Wildman–Crippen MR) is 113 cm³/mol. The molecule has 1 aliphatic carbocycles. The molecule has 0 atom stereocenters. The fourth-order valence-electron chi connectivity index (χ4n) is 3.48. The van der Waals surface area contributed by atoms with Gasteiger partial charge in [0.15, 0.2) is 11.5 Å². The zero-order chi connectivity index (χ0) is 21.8. The van der Waals surface area contributed by atoms with Crippen molar-refractivity contribution >= 4 is 17.9 Å². The molecule has 0 radical (unpaired) electrons. The third-order valence-electron chi connectivity index (χ3n) is 5.08. The van der Waals surface area contributed by atoms with E-state index in [2.05, 4.69) is 35.3 Å². The molecule has 1 aliphatic rings. The Balaban J connectivity index is 1.64. The first-order valence-electron chi connectivity index (χ1n) is 9.66. The van der Waals surface area contributed by atoms with Gasteiger partial charge in [0.1, 0.15) is 0 Å². The summed E-state index contributed by atoms with van der Waals surface area (Å²) in [7, 11) is 4.41. The Morgan fingerprint density at radius 1 is 1.00 bits per heavy atom. The quantitative estimate of drug-likeness (QED) is 0.538. The van der Waals surface area contributed by atoms with Crippen LogP contribution in [0.15, 0.2) is 24.3 Å². The molecule has 0 aliphatic heterocycles. The second kappa shape index (κ2) is 8.94. The molecule has 0 unspecified atom stereocenters. The first-order chi connectivity index (χ1) is 14.4. The van der Waals surface area contributed by atoms with Gasteiger partial charge in [-0.25, -0.2) is 0 Å². The second-order valence-electron chi connectivity index (χ2n) is 7.12. The van der Waals surface area contributed by atoms with Gasteiger partial charge in [0.25, 0.3) is 11.8 Å². The van der Waals surface area contributed by atoms with E-state index >= 15 is 0 Å². The zero-order valence-corrected chi connectivity index (χ0v) is 17.9. The van der Waals surface area contributed by atoms with Crippen molar-refractivity contribution in [3.63, 3.8) is 0 Å². The molecule has 0 bridgehead atoms. The smallest absolute Gasteiger partial charge is 0.269 e. The fraction of sp³-hybridized carbons (Fsp3) is 0.364. The minimum Gasteiger partial charge on any atom is -0.493 e. The molecular weight excluding hydrogens is 386 g/mol. The molecule has 2 amide bonds. The van der Waals surface area contributed by atoms with Crippen LogP contribution in [0.2, 0.25) is 0 Å². The number of carbonyl (C=O) groups excluding carboxylic acids is 2. The molecule has 1 heterocycles. The number of carbonyl (C=O) groups is 2. The van der Waals surface area contributed by atoms with Gasteiger partial charge in [-0.3, -0.25) is 20.4 Å². The molecular formula is C22H27N3O5. The molecule has 8 nitrogen and oxygen atoms in total. The molecule has 1 aromatic carbocycles. The minimum absolute atomic E-state index is 0.252. The molecule has 2 N–H and O–H groups in total. The lowest BCUT2D eigenvalue weighted by molar-refractivity contribution is -0.117. The Labute approximate surface area is 175 Å². The van der Waals surface area contributed by atoms with E-state index in [1.54, 1.807) is 6.08 Å². The largest absolute Gasteiger partial charge is 0.493 e. The van der Waals surface area contributed by atoms with Crippen LogP contribution in [0.3, 0.4) is 0 Å². The Morgan fingerprint density at radius 3 is 2.17 bits per heavy atom. The van der Waals surface area contributed by atoms with Crippen LogP contribution in [0.1, 0.15) is 46.2 Å². The lowest BCUT2D eigenvalue weighted by Crippen LogP contribution is -2.40. The van der Waals surface area contributed by atoms with E-state index in [1.165, 1.54) is 58.1 Å². The van der Waals surface area contributed by atoms with E-state index in [0.29, 0.717) is 23.3 Å². The molecule has 8 heteroatoms. The van der Waals surface area contributed by atoms with Crippen molar-refractivity contribution in [1.29, 1.82) is 0 Å². The average Bonchev–Trinajstić information content (AvgIpc) is 3.54. The van der Waals surface area contributed by atoms with E-state index in [-0.39, 0.29) is 5.56 Å². The number of aryl methyl sites for hydroxylation is 1. The number of methoxy groups -OCH3 is 3. The van der Waals surface area contributed by atoms with Gasteiger partial charge in [0, 0.05) is 29.1 Å². The number of benzene rings is 1. The molecule has 0 saturated heterocycles. The van der Waals surface area contributed by atoms with Gasteiger partial charge in [-0.15, -0.1) is 0 Å². The van der Waals surface area contributed by atoms with Gasteiger partial charge >= 0.3 is 0 Å². The third-order valence-corrected chi connectivity index (χ3v) is 5.08. The Bertz CT molecular complexity index is 964. The van der Waals surface area contributed by atoms with Gasteiger partial charge in [0.05, 0.1) is 21.3 Å². The summed E-state index contributed by atoms with van der Waals surface area (Å²) in [6.45, 7) is 4.12. The number of hydrogen-bond donors (Lipinski definition) is 2. The maximum absolute atomic E-state index is 12.4. The number of amides is 2. The Hall–Kier alpha value is -3.42. The molecule has 0 spiro atoms. The Morgan fingerprint density at radius 2 is 1.63 bits per heavy atom.